The van der Waals surface area contributed by atoms with Crippen LogP contribution in [0.5, 0.6) is 0 Å². The van der Waals surface area contributed by atoms with Crippen LogP contribution in [0.1, 0.15) is 12.6 Å². The first-order chi connectivity index (χ1) is 8.77. The Morgan fingerprint density at radius 1 is 1.44 bits per heavy atom. The van der Waals surface area contributed by atoms with Crippen molar-refractivity contribution in [3.8, 4) is 11.4 Å². The summed E-state index contributed by atoms with van der Waals surface area (Å²) in [5.74, 6) is 0. The topological polar surface area (TPSA) is 60.6 Å². The Morgan fingerprint density at radius 2 is 2.28 bits per heavy atom. The van der Waals surface area contributed by atoms with Crippen molar-refractivity contribution in [2.45, 2.75) is 20.0 Å². The van der Waals surface area contributed by atoms with Crippen molar-refractivity contribution < 1.29 is 4.39 Å². The van der Waals surface area contributed by atoms with E-state index in [4.69, 9.17) is 0 Å². The lowest BCUT2D eigenvalue weighted by atomic mass is 10.2. The van der Waals surface area contributed by atoms with Crippen LogP contribution in [0.2, 0.25) is 0 Å². The van der Waals surface area contributed by atoms with Crippen LogP contribution in [0, 0.1) is 0 Å². The van der Waals surface area contributed by atoms with Gasteiger partial charge in [-0.2, -0.15) is 5.10 Å². The summed E-state index contributed by atoms with van der Waals surface area (Å²) in [7, 11) is 1.85. The number of halogens is 1. The second-order valence-electron chi connectivity index (χ2n) is 3.92. The van der Waals surface area contributed by atoms with E-state index in [1.54, 1.807) is 15.6 Å². The zero-order chi connectivity index (χ0) is 13.0. The molecule has 98 valence electrons. The van der Waals surface area contributed by atoms with Crippen molar-refractivity contribution in [2.24, 2.45) is 7.05 Å². The SMILES string of the molecule is CCNCc1nnn(CCF)c1-c1ccnn1C. The normalized spacial score (nSPS) is 11.1. The molecule has 1 N–H and O–H groups in total. The third kappa shape index (κ3) is 2.40. The summed E-state index contributed by atoms with van der Waals surface area (Å²) >= 11 is 0. The fraction of sp³-hybridized carbons (Fsp3) is 0.545. The molecule has 0 aliphatic rings. The van der Waals surface area contributed by atoms with Crippen LogP contribution in [-0.2, 0) is 20.1 Å². The van der Waals surface area contributed by atoms with E-state index in [0.29, 0.717) is 6.54 Å². The maximum absolute atomic E-state index is 12.5. The molecule has 18 heavy (non-hydrogen) atoms. The Balaban J connectivity index is 2.40. The highest BCUT2D eigenvalue weighted by molar-refractivity contribution is 5.57. The third-order valence-corrected chi connectivity index (χ3v) is 2.71. The van der Waals surface area contributed by atoms with E-state index >= 15 is 0 Å². The number of hydrogen-bond donors (Lipinski definition) is 1. The molecule has 0 spiro atoms. The standard InChI is InChI=1S/C11H17FN6/c1-3-13-8-9-11(10-4-6-14-17(10)2)18(7-5-12)16-15-9/h4,6,13H,3,5,7-8H2,1-2H3. The molecule has 0 saturated heterocycles. The first kappa shape index (κ1) is 12.7. The molecule has 2 aromatic heterocycles. The number of hydrogen-bond acceptors (Lipinski definition) is 4. The molecule has 0 aromatic carbocycles. The molecule has 6 nitrogen and oxygen atoms in total. The fourth-order valence-electron chi connectivity index (χ4n) is 1.83. The van der Waals surface area contributed by atoms with Gasteiger partial charge in [-0.3, -0.25) is 4.68 Å². The van der Waals surface area contributed by atoms with Crippen LogP contribution in [0.25, 0.3) is 11.4 Å². The van der Waals surface area contributed by atoms with Gasteiger partial charge in [0.25, 0.3) is 0 Å². The number of aryl methyl sites for hydroxylation is 2. The summed E-state index contributed by atoms with van der Waals surface area (Å²) in [6.07, 6.45) is 1.71. The van der Waals surface area contributed by atoms with Crippen molar-refractivity contribution in [3.05, 3.63) is 18.0 Å². The predicted molar refractivity (Wildman–Crippen MR) is 65.6 cm³/mol. The van der Waals surface area contributed by atoms with Gasteiger partial charge >= 0.3 is 0 Å². The molecule has 0 aliphatic carbocycles. The minimum atomic E-state index is -0.463. The van der Waals surface area contributed by atoms with Crippen LogP contribution >= 0.6 is 0 Å². The molecule has 2 aromatic rings. The predicted octanol–water partition coefficient (Wildman–Crippen LogP) is 0.758. The molecule has 2 rings (SSSR count). The molecule has 0 fully saturated rings. The lowest BCUT2D eigenvalue weighted by Crippen LogP contribution is -2.14. The van der Waals surface area contributed by atoms with Crippen LogP contribution in [-0.4, -0.2) is 38.0 Å². The summed E-state index contributed by atoms with van der Waals surface area (Å²) in [5, 5.41) is 15.4. The van der Waals surface area contributed by atoms with E-state index in [1.807, 2.05) is 20.0 Å². The van der Waals surface area contributed by atoms with Crippen LogP contribution in [0.4, 0.5) is 4.39 Å². The van der Waals surface area contributed by atoms with Gasteiger partial charge in [0, 0.05) is 19.8 Å². The average molecular weight is 252 g/mol. The molecule has 0 aliphatic heterocycles. The Labute approximate surface area is 105 Å². The number of nitrogens with one attached hydrogen (secondary N) is 1. The molecule has 0 radical (unpaired) electrons. The summed E-state index contributed by atoms with van der Waals surface area (Å²) < 4.78 is 15.9. The largest absolute Gasteiger partial charge is 0.311 e. The van der Waals surface area contributed by atoms with Gasteiger partial charge in [0.15, 0.2) is 0 Å². The molecule has 0 atom stereocenters. The zero-order valence-electron chi connectivity index (χ0n) is 10.6. The molecule has 0 bridgehead atoms. The summed E-state index contributed by atoms with van der Waals surface area (Å²) in [6, 6.07) is 1.88. The van der Waals surface area contributed by atoms with Gasteiger partial charge in [-0.15, -0.1) is 5.10 Å². The summed E-state index contributed by atoms with van der Waals surface area (Å²) in [5.41, 5.74) is 2.53. The van der Waals surface area contributed by atoms with Crippen molar-refractivity contribution in [1.29, 1.82) is 0 Å². The van der Waals surface area contributed by atoms with E-state index in [1.165, 1.54) is 0 Å². The average Bonchev–Trinajstić information content (AvgIpc) is 2.93. The van der Waals surface area contributed by atoms with Crippen LogP contribution in [0.3, 0.4) is 0 Å². The Morgan fingerprint density at radius 3 is 2.89 bits per heavy atom. The molecular formula is C11H17FN6. The van der Waals surface area contributed by atoms with Crippen molar-refractivity contribution in [3.63, 3.8) is 0 Å². The van der Waals surface area contributed by atoms with Gasteiger partial charge in [-0.1, -0.05) is 12.1 Å². The van der Waals surface area contributed by atoms with E-state index < -0.39 is 6.67 Å². The second-order valence-corrected chi connectivity index (χ2v) is 3.92. The molecule has 7 heteroatoms. The minimum absolute atomic E-state index is 0.208. The summed E-state index contributed by atoms with van der Waals surface area (Å²) in [4.78, 5) is 0. The summed E-state index contributed by atoms with van der Waals surface area (Å²) in [6.45, 7) is 3.23. The van der Waals surface area contributed by atoms with Gasteiger partial charge < -0.3 is 5.32 Å². The van der Waals surface area contributed by atoms with Crippen molar-refractivity contribution in [2.75, 3.05) is 13.2 Å². The Bertz CT molecular complexity index is 503. The highest BCUT2D eigenvalue weighted by Crippen LogP contribution is 2.21. The van der Waals surface area contributed by atoms with E-state index in [9.17, 15) is 4.39 Å². The van der Waals surface area contributed by atoms with Gasteiger partial charge in [0.1, 0.15) is 18.1 Å². The van der Waals surface area contributed by atoms with Crippen molar-refractivity contribution in [1.82, 2.24) is 30.1 Å². The monoisotopic (exact) mass is 252 g/mol. The molecule has 2 heterocycles. The fourth-order valence-corrected chi connectivity index (χ4v) is 1.83. The number of alkyl halides is 1. The maximum atomic E-state index is 12.5. The maximum Gasteiger partial charge on any atom is 0.111 e. The van der Waals surface area contributed by atoms with Crippen molar-refractivity contribution >= 4 is 0 Å². The molecule has 0 amide bonds. The van der Waals surface area contributed by atoms with E-state index in [2.05, 4.69) is 20.7 Å². The molecular weight excluding hydrogens is 235 g/mol. The Hall–Kier alpha value is -1.76. The number of nitrogens with zero attached hydrogens (tertiary/aromatic N) is 5. The van der Waals surface area contributed by atoms with Crippen LogP contribution in [0.15, 0.2) is 12.3 Å². The lowest BCUT2D eigenvalue weighted by Gasteiger charge is -2.07. The highest BCUT2D eigenvalue weighted by Gasteiger charge is 2.17. The molecule has 0 unspecified atom stereocenters. The minimum Gasteiger partial charge on any atom is -0.311 e. The van der Waals surface area contributed by atoms with Gasteiger partial charge in [-0.25, -0.2) is 9.07 Å². The Kier molecular flexibility index (Phi) is 4.03. The van der Waals surface area contributed by atoms with E-state index in [-0.39, 0.29) is 6.54 Å². The second kappa shape index (κ2) is 5.72. The quantitative estimate of drug-likeness (QED) is 0.824. The third-order valence-electron chi connectivity index (χ3n) is 2.71. The zero-order valence-corrected chi connectivity index (χ0v) is 10.6. The number of aromatic nitrogens is 5. The van der Waals surface area contributed by atoms with Gasteiger partial charge in [0.2, 0.25) is 0 Å². The first-order valence-electron chi connectivity index (χ1n) is 5.95. The number of rotatable bonds is 6. The highest BCUT2D eigenvalue weighted by atomic mass is 19.1. The van der Waals surface area contributed by atoms with Crippen LogP contribution < -0.4 is 5.32 Å². The van der Waals surface area contributed by atoms with Gasteiger partial charge in [0.05, 0.1) is 12.2 Å². The first-order valence-corrected chi connectivity index (χ1v) is 5.95. The molecule has 0 saturated carbocycles. The van der Waals surface area contributed by atoms with Gasteiger partial charge in [-0.05, 0) is 12.6 Å². The lowest BCUT2D eigenvalue weighted by molar-refractivity contribution is 0.423. The smallest absolute Gasteiger partial charge is 0.111 e. The van der Waals surface area contributed by atoms with E-state index in [0.717, 1.165) is 23.6 Å².